The lowest BCUT2D eigenvalue weighted by Gasteiger charge is -2.23. The zero-order chi connectivity index (χ0) is 19.2. The molecule has 1 aromatic carbocycles. The monoisotopic (exact) mass is 369 g/mol. The standard InChI is InChI=1S/C21H27N3O3/c1-15-18(16(2)24(3)23-15)11-12-21(25)22-19-9-4-5-10-20(19)27-14-17-8-6-7-13-26-17/h4-5,9-12,17H,6-8,13-14H2,1-3H3,(H,22,25)/b12-11+. The maximum Gasteiger partial charge on any atom is 0.248 e. The van der Waals surface area contributed by atoms with E-state index in [1.165, 1.54) is 12.5 Å². The van der Waals surface area contributed by atoms with E-state index in [0.29, 0.717) is 18.0 Å². The van der Waals surface area contributed by atoms with Gasteiger partial charge in [-0.3, -0.25) is 9.48 Å². The van der Waals surface area contributed by atoms with Crippen molar-refractivity contribution in [2.24, 2.45) is 7.05 Å². The Labute approximate surface area is 160 Å². The lowest BCUT2D eigenvalue weighted by molar-refractivity contribution is -0.111. The van der Waals surface area contributed by atoms with Crippen molar-refractivity contribution in [2.45, 2.75) is 39.2 Å². The number of ether oxygens (including phenoxy) is 2. The molecule has 1 amide bonds. The van der Waals surface area contributed by atoms with Gasteiger partial charge in [-0.15, -0.1) is 0 Å². The third-order valence-electron chi connectivity index (χ3n) is 4.81. The predicted molar refractivity (Wildman–Crippen MR) is 106 cm³/mol. The second-order valence-electron chi connectivity index (χ2n) is 6.83. The number of hydrogen-bond donors (Lipinski definition) is 1. The highest BCUT2D eigenvalue weighted by Crippen LogP contribution is 2.25. The quantitative estimate of drug-likeness (QED) is 0.790. The molecule has 1 N–H and O–H groups in total. The molecule has 0 aliphatic carbocycles. The molecule has 3 rings (SSSR count). The van der Waals surface area contributed by atoms with E-state index >= 15 is 0 Å². The Hall–Kier alpha value is -2.60. The van der Waals surface area contributed by atoms with Crippen LogP contribution in [0.15, 0.2) is 30.3 Å². The lowest BCUT2D eigenvalue weighted by atomic mass is 10.1. The largest absolute Gasteiger partial charge is 0.489 e. The van der Waals surface area contributed by atoms with E-state index in [-0.39, 0.29) is 12.0 Å². The summed E-state index contributed by atoms with van der Waals surface area (Å²) in [5.74, 6) is 0.449. The van der Waals surface area contributed by atoms with Crippen LogP contribution in [0, 0.1) is 13.8 Å². The predicted octanol–water partition coefficient (Wildman–Crippen LogP) is 3.64. The minimum absolute atomic E-state index is 0.124. The van der Waals surface area contributed by atoms with Crippen molar-refractivity contribution in [1.29, 1.82) is 0 Å². The molecule has 6 heteroatoms. The summed E-state index contributed by atoms with van der Waals surface area (Å²) in [4.78, 5) is 12.4. The molecule has 1 aliphatic rings. The molecule has 2 aromatic rings. The Kier molecular flexibility index (Phi) is 6.29. The Balaban J connectivity index is 1.62. The number of carbonyl (C=O) groups is 1. The van der Waals surface area contributed by atoms with Gasteiger partial charge < -0.3 is 14.8 Å². The van der Waals surface area contributed by atoms with Crippen LogP contribution in [-0.4, -0.2) is 35.0 Å². The number of aryl methyl sites for hydroxylation is 2. The van der Waals surface area contributed by atoms with Gasteiger partial charge in [0.25, 0.3) is 0 Å². The van der Waals surface area contributed by atoms with Gasteiger partial charge in [0.15, 0.2) is 0 Å². The number of nitrogens with zero attached hydrogens (tertiary/aromatic N) is 2. The van der Waals surface area contributed by atoms with Gasteiger partial charge in [0, 0.05) is 31.0 Å². The van der Waals surface area contributed by atoms with E-state index in [2.05, 4.69) is 10.4 Å². The Morgan fingerprint density at radius 1 is 1.37 bits per heavy atom. The summed E-state index contributed by atoms with van der Waals surface area (Å²) in [6.45, 7) is 5.20. The molecule has 0 spiro atoms. The van der Waals surface area contributed by atoms with E-state index in [0.717, 1.165) is 36.4 Å². The van der Waals surface area contributed by atoms with Crippen molar-refractivity contribution < 1.29 is 14.3 Å². The fraction of sp³-hybridized carbons (Fsp3) is 0.429. The molecule has 6 nitrogen and oxygen atoms in total. The van der Waals surface area contributed by atoms with Crippen LogP contribution in [0.1, 0.15) is 36.2 Å². The number of para-hydroxylation sites is 2. The summed E-state index contributed by atoms with van der Waals surface area (Å²) in [6.07, 6.45) is 6.75. The van der Waals surface area contributed by atoms with Gasteiger partial charge in [-0.1, -0.05) is 12.1 Å². The molecule has 0 saturated carbocycles. The molecular weight excluding hydrogens is 342 g/mol. The SMILES string of the molecule is Cc1nn(C)c(C)c1/C=C/C(=O)Nc1ccccc1OCC1CCCCO1. The fourth-order valence-corrected chi connectivity index (χ4v) is 3.18. The van der Waals surface area contributed by atoms with Gasteiger partial charge in [0.05, 0.1) is 17.5 Å². The molecule has 144 valence electrons. The van der Waals surface area contributed by atoms with Crippen LogP contribution in [0.2, 0.25) is 0 Å². The first-order chi connectivity index (χ1) is 13.0. The first kappa shape index (κ1) is 19.2. The van der Waals surface area contributed by atoms with Gasteiger partial charge in [-0.05, 0) is 51.3 Å². The third-order valence-corrected chi connectivity index (χ3v) is 4.81. The number of aromatic nitrogens is 2. The van der Waals surface area contributed by atoms with Crippen molar-refractivity contribution in [3.05, 3.63) is 47.3 Å². The number of rotatable bonds is 6. The molecule has 2 heterocycles. The second-order valence-corrected chi connectivity index (χ2v) is 6.83. The van der Waals surface area contributed by atoms with Crippen LogP contribution in [0.5, 0.6) is 5.75 Å². The number of anilines is 1. The average Bonchev–Trinajstić information content (AvgIpc) is 2.92. The van der Waals surface area contributed by atoms with E-state index in [1.54, 1.807) is 6.08 Å². The summed E-state index contributed by atoms with van der Waals surface area (Å²) in [7, 11) is 1.89. The molecule has 1 atom stereocenters. The van der Waals surface area contributed by atoms with Crippen molar-refractivity contribution >= 4 is 17.7 Å². The van der Waals surface area contributed by atoms with Crippen LogP contribution in [-0.2, 0) is 16.6 Å². The number of amides is 1. The summed E-state index contributed by atoms with van der Waals surface area (Å²) >= 11 is 0. The smallest absolute Gasteiger partial charge is 0.248 e. The van der Waals surface area contributed by atoms with Crippen LogP contribution in [0.4, 0.5) is 5.69 Å². The highest BCUT2D eigenvalue weighted by atomic mass is 16.5. The number of carbonyl (C=O) groups excluding carboxylic acids is 1. The van der Waals surface area contributed by atoms with Crippen molar-refractivity contribution in [1.82, 2.24) is 9.78 Å². The van der Waals surface area contributed by atoms with Gasteiger partial charge in [0.2, 0.25) is 5.91 Å². The number of hydrogen-bond acceptors (Lipinski definition) is 4. The first-order valence-corrected chi connectivity index (χ1v) is 9.37. The molecule has 1 aliphatic heterocycles. The van der Waals surface area contributed by atoms with Gasteiger partial charge in [-0.2, -0.15) is 5.10 Å². The maximum absolute atomic E-state index is 12.4. The van der Waals surface area contributed by atoms with Crippen LogP contribution in [0.25, 0.3) is 6.08 Å². The van der Waals surface area contributed by atoms with E-state index < -0.39 is 0 Å². The van der Waals surface area contributed by atoms with Gasteiger partial charge in [0.1, 0.15) is 12.4 Å². The van der Waals surface area contributed by atoms with Crippen LogP contribution < -0.4 is 10.1 Å². The lowest BCUT2D eigenvalue weighted by Crippen LogP contribution is -2.26. The summed E-state index contributed by atoms with van der Waals surface area (Å²) in [6, 6.07) is 7.46. The highest BCUT2D eigenvalue weighted by Gasteiger charge is 2.15. The van der Waals surface area contributed by atoms with E-state index in [4.69, 9.17) is 9.47 Å². The normalized spacial score (nSPS) is 17.2. The topological polar surface area (TPSA) is 65.4 Å². The molecule has 1 unspecified atom stereocenters. The van der Waals surface area contributed by atoms with Crippen molar-refractivity contribution in [3.8, 4) is 5.75 Å². The summed E-state index contributed by atoms with van der Waals surface area (Å²) < 4.78 is 13.4. The average molecular weight is 369 g/mol. The fourth-order valence-electron chi connectivity index (χ4n) is 3.18. The Morgan fingerprint density at radius 3 is 2.89 bits per heavy atom. The molecule has 1 fully saturated rings. The molecule has 1 aromatic heterocycles. The Morgan fingerprint density at radius 2 is 2.19 bits per heavy atom. The van der Waals surface area contributed by atoms with E-state index in [1.807, 2.05) is 49.8 Å². The molecular formula is C21H27N3O3. The summed E-state index contributed by atoms with van der Waals surface area (Å²) in [5, 5.41) is 7.25. The third kappa shape index (κ3) is 4.98. The zero-order valence-electron chi connectivity index (χ0n) is 16.2. The maximum atomic E-state index is 12.4. The van der Waals surface area contributed by atoms with Crippen LogP contribution >= 0.6 is 0 Å². The molecule has 27 heavy (non-hydrogen) atoms. The highest BCUT2D eigenvalue weighted by molar-refractivity contribution is 6.02. The van der Waals surface area contributed by atoms with Gasteiger partial charge in [-0.25, -0.2) is 0 Å². The van der Waals surface area contributed by atoms with Crippen molar-refractivity contribution in [2.75, 3.05) is 18.5 Å². The molecule has 1 saturated heterocycles. The summed E-state index contributed by atoms with van der Waals surface area (Å²) in [5.41, 5.74) is 3.54. The van der Waals surface area contributed by atoms with E-state index in [9.17, 15) is 4.79 Å². The first-order valence-electron chi connectivity index (χ1n) is 9.37. The molecule has 0 bridgehead atoms. The number of nitrogens with one attached hydrogen (secondary N) is 1. The number of benzene rings is 1. The van der Waals surface area contributed by atoms with Gasteiger partial charge >= 0.3 is 0 Å². The minimum atomic E-state index is -0.206. The minimum Gasteiger partial charge on any atom is -0.489 e. The van der Waals surface area contributed by atoms with Crippen LogP contribution in [0.3, 0.4) is 0 Å². The second kappa shape index (κ2) is 8.86. The Bertz CT molecular complexity index is 820. The molecule has 0 radical (unpaired) electrons. The zero-order valence-corrected chi connectivity index (χ0v) is 16.2. The van der Waals surface area contributed by atoms with Crippen molar-refractivity contribution in [3.63, 3.8) is 0 Å².